The van der Waals surface area contributed by atoms with E-state index in [4.69, 9.17) is 4.74 Å². The van der Waals surface area contributed by atoms with E-state index in [-0.39, 0.29) is 5.91 Å². The van der Waals surface area contributed by atoms with E-state index in [9.17, 15) is 4.79 Å². The monoisotopic (exact) mass is 337 g/mol. The van der Waals surface area contributed by atoms with Gasteiger partial charge >= 0.3 is 0 Å². The fourth-order valence-corrected chi connectivity index (χ4v) is 2.29. The van der Waals surface area contributed by atoms with Crippen LogP contribution in [0.5, 0.6) is 5.75 Å². The van der Waals surface area contributed by atoms with Gasteiger partial charge in [-0.05, 0) is 47.2 Å². The van der Waals surface area contributed by atoms with Crippen molar-refractivity contribution < 1.29 is 9.53 Å². The molecule has 0 saturated heterocycles. The van der Waals surface area contributed by atoms with E-state index in [1.54, 1.807) is 18.2 Å². The molecule has 25 heavy (non-hydrogen) atoms. The minimum Gasteiger partial charge on any atom is -0.491 e. The summed E-state index contributed by atoms with van der Waals surface area (Å²) in [5, 5.41) is 13.9. The van der Waals surface area contributed by atoms with Gasteiger partial charge in [-0.1, -0.05) is 31.5 Å². The highest BCUT2D eigenvalue weighted by Crippen LogP contribution is 2.24. The van der Waals surface area contributed by atoms with Crippen LogP contribution in [0.2, 0.25) is 0 Å². The second-order valence-corrected chi connectivity index (χ2v) is 5.46. The number of anilines is 1. The van der Waals surface area contributed by atoms with E-state index >= 15 is 0 Å². The highest BCUT2D eigenvalue weighted by atomic mass is 16.5. The average molecular weight is 337 g/mol. The van der Waals surface area contributed by atoms with Gasteiger partial charge in [-0.15, -0.1) is 5.10 Å². The van der Waals surface area contributed by atoms with E-state index < -0.39 is 0 Å². The van der Waals surface area contributed by atoms with Crippen LogP contribution in [-0.2, 0) is 0 Å². The molecule has 7 nitrogen and oxygen atoms in total. The number of rotatable bonds is 7. The van der Waals surface area contributed by atoms with Crippen LogP contribution in [0.3, 0.4) is 0 Å². The van der Waals surface area contributed by atoms with Gasteiger partial charge in [0.05, 0.1) is 18.0 Å². The summed E-state index contributed by atoms with van der Waals surface area (Å²) in [5.41, 5.74) is 1.87. The Morgan fingerprint density at radius 3 is 2.88 bits per heavy atom. The van der Waals surface area contributed by atoms with Gasteiger partial charge in [-0.25, -0.2) is 4.68 Å². The van der Waals surface area contributed by atoms with E-state index in [0.717, 1.165) is 12.8 Å². The summed E-state index contributed by atoms with van der Waals surface area (Å²) in [6.07, 6.45) is 3.50. The zero-order valence-electron chi connectivity index (χ0n) is 13.9. The Kier molecular flexibility index (Phi) is 5.36. The normalized spacial score (nSPS) is 10.4. The number of nitrogens with one attached hydrogen (secondary N) is 1. The molecular formula is C18H19N5O2. The lowest BCUT2D eigenvalue weighted by atomic mass is 10.2. The molecule has 1 amide bonds. The van der Waals surface area contributed by atoms with E-state index in [2.05, 4.69) is 27.8 Å². The van der Waals surface area contributed by atoms with Crippen molar-refractivity contribution in [2.45, 2.75) is 19.8 Å². The molecule has 0 atom stereocenters. The Bertz CT molecular complexity index is 833. The second-order valence-electron chi connectivity index (χ2n) is 5.46. The van der Waals surface area contributed by atoms with Crippen LogP contribution in [0.15, 0.2) is 54.9 Å². The number of hydrogen-bond donors (Lipinski definition) is 1. The van der Waals surface area contributed by atoms with Gasteiger partial charge in [0, 0.05) is 5.56 Å². The van der Waals surface area contributed by atoms with Crippen molar-refractivity contribution in [2.24, 2.45) is 0 Å². The Morgan fingerprint density at radius 2 is 2.08 bits per heavy atom. The van der Waals surface area contributed by atoms with Crippen molar-refractivity contribution in [3.8, 4) is 11.4 Å². The molecule has 0 saturated carbocycles. The molecule has 3 aromatic rings. The van der Waals surface area contributed by atoms with E-state index in [0.29, 0.717) is 29.3 Å². The summed E-state index contributed by atoms with van der Waals surface area (Å²) in [6.45, 7) is 2.73. The fraction of sp³-hybridized carbons (Fsp3) is 0.222. The standard InChI is InChI=1S/C18H19N5O2/c1-2-3-11-25-17-10-5-4-9-16(17)20-18(24)14-7-6-8-15(12-14)23-13-19-21-22-23/h4-10,12-13H,2-3,11H2,1H3,(H,20,24). The van der Waals surface area contributed by atoms with E-state index in [1.807, 2.05) is 30.3 Å². The number of amides is 1. The summed E-state index contributed by atoms with van der Waals surface area (Å²) in [6, 6.07) is 14.5. The lowest BCUT2D eigenvalue weighted by Crippen LogP contribution is -2.13. The van der Waals surface area contributed by atoms with Gasteiger partial charge in [0.1, 0.15) is 12.1 Å². The maximum Gasteiger partial charge on any atom is 0.255 e. The van der Waals surface area contributed by atoms with E-state index in [1.165, 1.54) is 11.0 Å². The van der Waals surface area contributed by atoms with Gasteiger partial charge in [-0.2, -0.15) is 0 Å². The third-order valence-electron chi connectivity index (χ3n) is 3.61. The Morgan fingerprint density at radius 1 is 1.20 bits per heavy atom. The van der Waals surface area contributed by atoms with Gasteiger partial charge in [0.25, 0.3) is 5.91 Å². The molecule has 0 aliphatic rings. The predicted octanol–water partition coefficient (Wildman–Crippen LogP) is 3.09. The molecule has 0 bridgehead atoms. The Balaban J connectivity index is 1.76. The lowest BCUT2D eigenvalue weighted by molar-refractivity contribution is 0.102. The number of tetrazole rings is 1. The number of nitrogens with zero attached hydrogens (tertiary/aromatic N) is 4. The highest BCUT2D eigenvalue weighted by Gasteiger charge is 2.11. The first kappa shape index (κ1) is 16.6. The first-order chi connectivity index (χ1) is 12.3. The Hall–Kier alpha value is -3.22. The molecule has 0 aliphatic heterocycles. The molecule has 2 aromatic carbocycles. The average Bonchev–Trinajstić information content (AvgIpc) is 3.18. The maximum absolute atomic E-state index is 12.6. The minimum absolute atomic E-state index is 0.221. The molecule has 1 N–H and O–H groups in total. The number of aromatic nitrogens is 4. The van der Waals surface area contributed by atoms with Crippen molar-refractivity contribution in [2.75, 3.05) is 11.9 Å². The van der Waals surface area contributed by atoms with Gasteiger partial charge in [0.15, 0.2) is 0 Å². The van der Waals surface area contributed by atoms with Gasteiger partial charge < -0.3 is 10.1 Å². The van der Waals surface area contributed by atoms with Crippen molar-refractivity contribution in [3.63, 3.8) is 0 Å². The number of benzene rings is 2. The molecule has 0 unspecified atom stereocenters. The summed E-state index contributed by atoms with van der Waals surface area (Å²) in [7, 11) is 0. The zero-order valence-corrected chi connectivity index (χ0v) is 13.9. The van der Waals surface area contributed by atoms with Gasteiger partial charge in [-0.3, -0.25) is 4.79 Å². The fourth-order valence-electron chi connectivity index (χ4n) is 2.29. The molecule has 0 fully saturated rings. The third kappa shape index (κ3) is 4.20. The number of carbonyl (C=O) groups excluding carboxylic acids is 1. The first-order valence-corrected chi connectivity index (χ1v) is 8.14. The molecule has 0 aliphatic carbocycles. The van der Waals surface area contributed by atoms with Crippen LogP contribution >= 0.6 is 0 Å². The summed E-state index contributed by atoms with van der Waals surface area (Å²) in [4.78, 5) is 12.6. The molecule has 1 aromatic heterocycles. The zero-order chi connectivity index (χ0) is 17.5. The largest absolute Gasteiger partial charge is 0.491 e. The number of hydrogen-bond acceptors (Lipinski definition) is 5. The van der Waals surface area contributed by atoms with Crippen LogP contribution < -0.4 is 10.1 Å². The molecule has 1 heterocycles. The predicted molar refractivity (Wildman–Crippen MR) is 94.0 cm³/mol. The summed E-state index contributed by atoms with van der Waals surface area (Å²) < 4.78 is 7.25. The number of carbonyl (C=O) groups is 1. The van der Waals surface area contributed by atoms with Crippen molar-refractivity contribution in [3.05, 3.63) is 60.4 Å². The van der Waals surface area contributed by atoms with Gasteiger partial charge in [0.2, 0.25) is 0 Å². The topological polar surface area (TPSA) is 81.9 Å². The highest BCUT2D eigenvalue weighted by molar-refractivity contribution is 6.05. The number of ether oxygens (including phenoxy) is 1. The number of para-hydroxylation sites is 2. The van der Waals surface area contributed by atoms with Crippen LogP contribution in [0, 0.1) is 0 Å². The Labute approximate surface area is 145 Å². The SMILES string of the molecule is CCCCOc1ccccc1NC(=O)c1cccc(-n2cnnn2)c1. The van der Waals surface area contributed by atoms with Crippen LogP contribution in [0.4, 0.5) is 5.69 Å². The lowest BCUT2D eigenvalue weighted by Gasteiger charge is -2.12. The van der Waals surface area contributed by atoms with Crippen molar-refractivity contribution in [1.29, 1.82) is 0 Å². The summed E-state index contributed by atoms with van der Waals surface area (Å²) in [5.74, 6) is 0.447. The molecular weight excluding hydrogens is 318 g/mol. The first-order valence-electron chi connectivity index (χ1n) is 8.14. The van der Waals surface area contributed by atoms with Crippen molar-refractivity contribution >= 4 is 11.6 Å². The third-order valence-corrected chi connectivity index (χ3v) is 3.61. The minimum atomic E-state index is -0.221. The quantitative estimate of drug-likeness (QED) is 0.670. The summed E-state index contributed by atoms with van der Waals surface area (Å²) >= 11 is 0. The number of unbranched alkanes of at least 4 members (excludes halogenated alkanes) is 1. The molecule has 3 rings (SSSR count). The second kappa shape index (κ2) is 8.05. The van der Waals surface area contributed by atoms with Crippen LogP contribution in [0.25, 0.3) is 5.69 Å². The molecule has 0 spiro atoms. The van der Waals surface area contributed by atoms with Crippen LogP contribution in [-0.4, -0.2) is 32.7 Å². The molecule has 7 heteroatoms. The van der Waals surface area contributed by atoms with Crippen molar-refractivity contribution in [1.82, 2.24) is 20.2 Å². The molecule has 0 radical (unpaired) electrons. The maximum atomic E-state index is 12.6. The smallest absolute Gasteiger partial charge is 0.255 e. The molecule has 128 valence electrons. The van der Waals surface area contributed by atoms with Crippen LogP contribution in [0.1, 0.15) is 30.1 Å².